The molecule has 1 saturated carbocycles. The third kappa shape index (κ3) is 3.58. The monoisotopic (exact) mass is 418 g/mol. The van der Waals surface area contributed by atoms with Gasteiger partial charge >= 0.3 is 0 Å². The minimum Gasteiger partial charge on any atom is -0.383 e. The highest BCUT2D eigenvalue weighted by atomic mass is 16.1. The van der Waals surface area contributed by atoms with Gasteiger partial charge in [0.05, 0.1) is 23.0 Å². The molecule has 3 aromatic heterocycles. The SMILES string of the molecule is CC.Cc1nn(Cc2cc3cccc(C)c3c(=O)n2C2CCCC2)c2ncnc(N)c12. The fourth-order valence-corrected chi connectivity index (χ4v) is 4.76. The van der Waals surface area contributed by atoms with Gasteiger partial charge in [0.1, 0.15) is 12.1 Å². The second-order valence-corrected chi connectivity index (χ2v) is 7.99. The molecule has 1 fully saturated rings. The van der Waals surface area contributed by atoms with Gasteiger partial charge in [-0.25, -0.2) is 14.6 Å². The molecule has 0 amide bonds. The van der Waals surface area contributed by atoms with Crippen molar-refractivity contribution in [3.63, 3.8) is 0 Å². The lowest BCUT2D eigenvalue weighted by Gasteiger charge is -2.21. The number of nitrogen functional groups attached to an aromatic ring is 1. The number of aromatic nitrogens is 5. The van der Waals surface area contributed by atoms with Crippen molar-refractivity contribution in [2.45, 2.75) is 66.0 Å². The summed E-state index contributed by atoms with van der Waals surface area (Å²) in [6, 6.07) is 8.40. The van der Waals surface area contributed by atoms with Crippen molar-refractivity contribution >= 4 is 27.6 Å². The second kappa shape index (κ2) is 8.49. The van der Waals surface area contributed by atoms with E-state index in [0.29, 0.717) is 18.0 Å². The molecule has 0 bridgehead atoms. The Bertz CT molecular complexity index is 1300. The van der Waals surface area contributed by atoms with Crippen LogP contribution >= 0.6 is 0 Å². The largest absolute Gasteiger partial charge is 0.383 e. The number of hydrogen-bond acceptors (Lipinski definition) is 5. The van der Waals surface area contributed by atoms with Crippen LogP contribution < -0.4 is 11.3 Å². The van der Waals surface area contributed by atoms with Gasteiger partial charge in [-0.05, 0) is 43.7 Å². The fourth-order valence-electron chi connectivity index (χ4n) is 4.76. The highest BCUT2D eigenvalue weighted by Gasteiger charge is 2.23. The van der Waals surface area contributed by atoms with Crippen molar-refractivity contribution in [2.75, 3.05) is 5.73 Å². The number of hydrogen-bond donors (Lipinski definition) is 1. The van der Waals surface area contributed by atoms with Crippen LogP contribution in [0, 0.1) is 13.8 Å². The van der Waals surface area contributed by atoms with E-state index in [4.69, 9.17) is 5.73 Å². The lowest BCUT2D eigenvalue weighted by Crippen LogP contribution is -2.28. The molecule has 1 aromatic carbocycles. The smallest absolute Gasteiger partial charge is 0.259 e. The van der Waals surface area contributed by atoms with Gasteiger partial charge in [-0.15, -0.1) is 0 Å². The number of rotatable bonds is 3. The molecule has 4 aromatic rings. The van der Waals surface area contributed by atoms with E-state index < -0.39 is 0 Å². The molecule has 7 nitrogen and oxygen atoms in total. The predicted molar refractivity (Wildman–Crippen MR) is 125 cm³/mol. The summed E-state index contributed by atoms with van der Waals surface area (Å²) in [5, 5.41) is 7.23. The molecule has 7 heteroatoms. The van der Waals surface area contributed by atoms with E-state index in [1.807, 2.05) is 55.1 Å². The summed E-state index contributed by atoms with van der Waals surface area (Å²) < 4.78 is 3.85. The lowest BCUT2D eigenvalue weighted by molar-refractivity contribution is 0.475. The van der Waals surface area contributed by atoms with Crippen LogP contribution in [0.3, 0.4) is 0 Å². The fraction of sp³-hybridized carbons (Fsp3) is 0.417. The molecule has 5 rings (SSSR count). The molecule has 1 aliphatic carbocycles. The molecule has 0 aliphatic heterocycles. The maximum Gasteiger partial charge on any atom is 0.259 e. The molecule has 162 valence electrons. The predicted octanol–water partition coefficient (Wildman–Crippen LogP) is 4.53. The van der Waals surface area contributed by atoms with E-state index in [0.717, 1.165) is 58.8 Å². The van der Waals surface area contributed by atoms with Crippen LogP contribution in [0.5, 0.6) is 0 Å². The molecule has 1 aliphatic rings. The first-order valence-electron chi connectivity index (χ1n) is 11.1. The molecular weight excluding hydrogens is 388 g/mol. The first kappa shape index (κ1) is 21.0. The summed E-state index contributed by atoms with van der Waals surface area (Å²) in [6.45, 7) is 8.38. The summed E-state index contributed by atoms with van der Waals surface area (Å²) >= 11 is 0. The van der Waals surface area contributed by atoms with E-state index in [2.05, 4.69) is 21.1 Å². The van der Waals surface area contributed by atoms with Gasteiger partial charge < -0.3 is 10.3 Å². The van der Waals surface area contributed by atoms with Crippen molar-refractivity contribution in [3.05, 3.63) is 57.9 Å². The zero-order valence-corrected chi connectivity index (χ0v) is 18.7. The van der Waals surface area contributed by atoms with Crippen LogP contribution in [-0.4, -0.2) is 24.3 Å². The number of anilines is 1. The summed E-state index contributed by atoms with van der Waals surface area (Å²) in [7, 11) is 0. The molecule has 31 heavy (non-hydrogen) atoms. The van der Waals surface area contributed by atoms with Crippen LogP contribution in [0.1, 0.15) is 62.5 Å². The Labute approximate surface area is 181 Å². The minimum atomic E-state index is 0.102. The number of aryl methyl sites for hydroxylation is 2. The molecule has 0 spiro atoms. The highest BCUT2D eigenvalue weighted by Crippen LogP contribution is 2.31. The average Bonchev–Trinajstić information content (AvgIpc) is 3.39. The zero-order chi connectivity index (χ0) is 22.1. The van der Waals surface area contributed by atoms with Crippen molar-refractivity contribution in [3.8, 4) is 0 Å². The molecular formula is C24H30N6O. The van der Waals surface area contributed by atoms with Crippen molar-refractivity contribution in [2.24, 2.45) is 0 Å². The minimum absolute atomic E-state index is 0.102. The summed E-state index contributed by atoms with van der Waals surface area (Å²) in [5.74, 6) is 0.432. The van der Waals surface area contributed by atoms with E-state index in [9.17, 15) is 4.79 Å². The number of nitrogens with two attached hydrogens (primary N) is 1. The molecule has 2 N–H and O–H groups in total. The van der Waals surface area contributed by atoms with Gasteiger partial charge in [0, 0.05) is 11.7 Å². The van der Waals surface area contributed by atoms with Gasteiger partial charge in [0.25, 0.3) is 5.56 Å². The first-order valence-corrected chi connectivity index (χ1v) is 11.1. The summed E-state index contributed by atoms with van der Waals surface area (Å²) in [4.78, 5) is 22.1. The van der Waals surface area contributed by atoms with Crippen LogP contribution in [0.4, 0.5) is 5.82 Å². The van der Waals surface area contributed by atoms with Gasteiger partial charge in [-0.3, -0.25) is 4.79 Å². The second-order valence-electron chi connectivity index (χ2n) is 7.99. The number of nitrogens with zero attached hydrogens (tertiary/aromatic N) is 5. The Hall–Kier alpha value is -3.22. The molecule has 0 radical (unpaired) electrons. The van der Waals surface area contributed by atoms with E-state index in [1.54, 1.807) is 0 Å². The van der Waals surface area contributed by atoms with Crippen LogP contribution in [0.25, 0.3) is 21.8 Å². The van der Waals surface area contributed by atoms with Crippen LogP contribution in [0.15, 0.2) is 35.4 Å². The van der Waals surface area contributed by atoms with E-state index in [-0.39, 0.29) is 11.6 Å². The van der Waals surface area contributed by atoms with Crippen molar-refractivity contribution in [1.82, 2.24) is 24.3 Å². The third-order valence-electron chi connectivity index (χ3n) is 6.10. The van der Waals surface area contributed by atoms with Crippen LogP contribution in [0.2, 0.25) is 0 Å². The third-order valence-corrected chi connectivity index (χ3v) is 6.10. The van der Waals surface area contributed by atoms with E-state index >= 15 is 0 Å². The van der Waals surface area contributed by atoms with Crippen molar-refractivity contribution < 1.29 is 0 Å². The molecule has 3 heterocycles. The Morgan fingerprint density at radius 3 is 2.58 bits per heavy atom. The van der Waals surface area contributed by atoms with Crippen LogP contribution in [-0.2, 0) is 6.54 Å². The van der Waals surface area contributed by atoms with E-state index in [1.165, 1.54) is 6.33 Å². The summed E-state index contributed by atoms with van der Waals surface area (Å²) in [6.07, 6.45) is 5.87. The maximum atomic E-state index is 13.6. The first-order chi connectivity index (χ1) is 15.0. The lowest BCUT2D eigenvalue weighted by atomic mass is 10.0. The molecule has 0 atom stereocenters. The normalized spacial score (nSPS) is 14.2. The van der Waals surface area contributed by atoms with Crippen molar-refractivity contribution in [1.29, 1.82) is 0 Å². The van der Waals surface area contributed by atoms with Gasteiger partial charge in [0.2, 0.25) is 0 Å². The van der Waals surface area contributed by atoms with Gasteiger partial charge in [-0.2, -0.15) is 5.10 Å². The number of benzene rings is 1. The number of fused-ring (bicyclic) bond motifs is 2. The quantitative estimate of drug-likeness (QED) is 0.528. The zero-order valence-electron chi connectivity index (χ0n) is 18.7. The topological polar surface area (TPSA) is 91.6 Å². The Balaban J connectivity index is 0.00000112. The summed E-state index contributed by atoms with van der Waals surface area (Å²) in [5.41, 5.74) is 9.62. The van der Waals surface area contributed by atoms with Gasteiger partial charge in [-0.1, -0.05) is 44.9 Å². The number of pyridine rings is 1. The standard InChI is InChI=1S/C22H24N6O.C2H6/c1-13-6-5-7-15-10-17(28(22(29)18(13)15)16-8-3-4-9-16)11-27-21-19(14(2)26-27)20(23)24-12-25-21;1-2/h5-7,10,12,16H,3-4,8-9,11H2,1-2H3,(H2,23,24,25);1-2H3. The molecule has 0 unspecified atom stereocenters. The highest BCUT2D eigenvalue weighted by molar-refractivity contribution is 5.88. The Kier molecular flexibility index (Phi) is 5.76. The maximum absolute atomic E-state index is 13.6. The average molecular weight is 419 g/mol. The van der Waals surface area contributed by atoms with Gasteiger partial charge in [0.15, 0.2) is 5.65 Å². The molecule has 0 saturated heterocycles. The Morgan fingerprint density at radius 2 is 1.84 bits per heavy atom. The Morgan fingerprint density at radius 1 is 1.10 bits per heavy atom.